The number of rotatable bonds is 3. The van der Waals surface area contributed by atoms with Crippen LogP contribution in [-0.4, -0.2) is 45.3 Å². The third-order valence-electron chi connectivity index (χ3n) is 6.98. The van der Waals surface area contributed by atoms with Gasteiger partial charge in [0.25, 0.3) is 0 Å². The molecule has 1 aromatic heterocycles. The van der Waals surface area contributed by atoms with Gasteiger partial charge in [0, 0.05) is 18.5 Å². The molecule has 0 aromatic carbocycles. The smallest absolute Gasteiger partial charge is 0.309 e. The number of ether oxygens (including phenoxy) is 1. The number of esters is 1. The fourth-order valence-corrected chi connectivity index (χ4v) is 4.39. The number of ketones is 1. The van der Waals surface area contributed by atoms with Crippen LogP contribution in [-0.2, 0) is 14.3 Å². The number of nitrogens with zero attached hydrogens (tertiary/aromatic N) is 1. The van der Waals surface area contributed by atoms with Crippen LogP contribution in [0.3, 0.4) is 0 Å². The van der Waals surface area contributed by atoms with E-state index in [2.05, 4.69) is 18.0 Å². The molecular weight excluding hydrogens is 430 g/mol. The molecule has 0 aliphatic carbocycles. The van der Waals surface area contributed by atoms with Crippen LogP contribution in [0.1, 0.15) is 78.8 Å². The molecule has 0 spiro atoms. The molecule has 0 saturated heterocycles. The van der Waals surface area contributed by atoms with Gasteiger partial charge >= 0.3 is 5.97 Å². The van der Waals surface area contributed by atoms with Gasteiger partial charge in [-0.2, -0.15) is 0 Å². The van der Waals surface area contributed by atoms with E-state index in [0.717, 1.165) is 25.0 Å². The van der Waals surface area contributed by atoms with Crippen molar-refractivity contribution in [1.82, 2.24) is 4.98 Å². The van der Waals surface area contributed by atoms with E-state index in [1.54, 1.807) is 26.1 Å². The summed E-state index contributed by atoms with van der Waals surface area (Å²) in [5, 5.41) is 21.8. The fraction of sp³-hybridized carbons (Fsp3) is 0.607. The van der Waals surface area contributed by atoms with Crippen molar-refractivity contribution < 1.29 is 24.5 Å². The van der Waals surface area contributed by atoms with Gasteiger partial charge in [-0.3, -0.25) is 14.6 Å². The third-order valence-corrected chi connectivity index (χ3v) is 6.98. The minimum atomic E-state index is -1.21. The number of carbonyl (C=O) groups excluding carboxylic acids is 2. The Labute approximate surface area is 204 Å². The monoisotopic (exact) mass is 471 g/mol. The van der Waals surface area contributed by atoms with E-state index in [1.165, 1.54) is 5.57 Å². The van der Waals surface area contributed by atoms with Crippen molar-refractivity contribution in [3.8, 4) is 0 Å². The lowest BCUT2D eigenvalue weighted by Crippen LogP contribution is -2.46. The van der Waals surface area contributed by atoms with Gasteiger partial charge < -0.3 is 14.9 Å². The number of hydrogen-bond acceptors (Lipinski definition) is 6. The first kappa shape index (κ1) is 27.9. The topological polar surface area (TPSA) is 96.7 Å². The van der Waals surface area contributed by atoms with Gasteiger partial charge in [-0.15, -0.1) is 0 Å². The maximum Gasteiger partial charge on any atom is 0.309 e. The van der Waals surface area contributed by atoms with E-state index < -0.39 is 35.6 Å². The Bertz CT molecular complexity index is 861. The van der Waals surface area contributed by atoms with Crippen LogP contribution in [0.2, 0.25) is 0 Å². The normalized spacial score (nSPS) is 30.1. The Balaban J connectivity index is 2.30. The molecular formula is C28H41NO5. The molecule has 1 aliphatic rings. The predicted molar refractivity (Wildman–Crippen MR) is 134 cm³/mol. The summed E-state index contributed by atoms with van der Waals surface area (Å²) < 4.78 is 5.69. The zero-order valence-electron chi connectivity index (χ0n) is 21.2. The number of cyclic esters (lactones) is 1. The molecule has 0 unspecified atom stereocenters. The first-order valence-electron chi connectivity index (χ1n) is 12.4. The van der Waals surface area contributed by atoms with Crippen LogP contribution in [0, 0.1) is 17.3 Å². The molecule has 2 N–H and O–H groups in total. The number of aromatic nitrogens is 1. The number of pyridine rings is 1. The number of carbonyl (C=O) groups is 2. The van der Waals surface area contributed by atoms with Crippen LogP contribution in [0.4, 0.5) is 0 Å². The number of hydrogen-bond donors (Lipinski definition) is 2. The molecule has 6 nitrogen and oxygen atoms in total. The van der Waals surface area contributed by atoms with Crippen molar-refractivity contribution in [2.24, 2.45) is 17.3 Å². The van der Waals surface area contributed by atoms with Gasteiger partial charge in [0.1, 0.15) is 11.9 Å². The molecule has 6 heteroatoms. The summed E-state index contributed by atoms with van der Waals surface area (Å²) >= 11 is 0. The second-order valence-electron chi connectivity index (χ2n) is 10.1. The van der Waals surface area contributed by atoms with Crippen LogP contribution < -0.4 is 0 Å². The quantitative estimate of drug-likeness (QED) is 0.481. The van der Waals surface area contributed by atoms with E-state index >= 15 is 0 Å². The van der Waals surface area contributed by atoms with Gasteiger partial charge in [0.15, 0.2) is 0 Å². The van der Waals surface area contributed by atoms with Crippen molar-refractivity contribution in [2.45, 2.75) is 91.5 Å². The molecule has 0 saturated carbocycles. The van der Waals surface area contributed by atoms with Gasteiger partial charge in [0.2, 0.25) is 0 Å². The average Bonchev–Trinajstić information content (AvgIpc) is 2.80. The Morgan fingerprint density at radius 2 is 1.97 bits per heavy atom. The summed E-state index contributed by atoms with van der Waals surface area (Å²) in [5.74, 6) is -1.41. The summed E-state index contributed by atoms with van der Waals surface area (Å²) in [7, 11) is 0. The number of allylic oxidation sites excluding steroid dienone is 1. The minimum absolute atomic E-state index is 0.0402. The second kappa shape index (κ2) is 13.0. The summed E-state index contributed by atoms with van der Waals surface area (Å²) in [6, 6.07) is 5.59. The molecule has 2 heterocycles. The zero-order valence-corrected chi connectivity index (χ0v) is 21.2. The highest BCUT2D eigenvalue weighted by Gasteiger charge is 2.43. The molecule has 34 heavy (non-hydrogen) atoms. The van der Waals surface area contributed by atoms with E-state index in [0.29, 0.717) is 12.8 Å². The summed E-state index contributed by atoms with van der Waals surface area (Å²) in [6.07, 6.45) is 8.16. The van der Waals surface area contributed by atoms with Gasteiger partial charge in [-0.1, -0.05) is 45.4 Å². The van der Waals surface area contributed by atoms with Gasteiger partial charge in [-0.05, 0) is 62.8 Å². The van der Waals surface area contributed by atoms with Crippen LogP contribution in [0.25, 0.3) is 6.08 Å². The van der Waals surface area contributed by atoms with Crippen LogP contribution in [0.5, 0.6) is 0 Å². The highest BCUT2D eigenvalue weighted by molar-refractivity contribution is 5.88. The summed E-state index contributed by atoms with van der Waals surface area (Å²) in [4.78, 5) is 30.3. The standard InChI is InChI=1S/C28H41NO5/c1-6-23-26(32)20(3)11-9-10-19(2)13-15-22(16-14-21-12-7-8-17-29-21)34-25(31)18-24(30)28(4,5)27(23)33/h7-8,12-14,16-17,20,22-24,26,30,32H,6,9-11,15,18H2,1-5H3/t20-,22-,23+,24-,26-/m0/s1. The maximum atomic E-state index is 13.3. The average molecular weight is 472 g/mol. The van der Waals surface area contributed by atoms with Crippen molar-refractivity contribution in [3.05, 3.63) is 47.8 Å². The van der Waals surface area contributed by atoms with Gasteiger partial charge in [-0.25, -0.2) is 0 Å². The largest absolute Gasteiger partial charge is 0.458 e. The van der Waals surface area contributed by atoms with Gasteiger partial charge in [0.05, 0.1) is 29.7 Å². The lowest BCUT2D eigenvalue weighted by atomic mass is 9.71. The zero-order chi connectivity index (χ0) is 25.3. The Hall–Kier alpha value is -2.31. The highest BCUT2D eigenvalue weighted by Crippen LogP contribution is 2.33. The Morgan fingerprint density at radius 3 is 2.62 bits per heavy atom. The van der Waals surface area contributed by atoms with E-state index in [-0.39, 0.29) is 18.1 Å². The van der Waals surface area contributed by atoms with E-state index in [1.807, 2.05) is 38.1 Å². The van der Waals surface area contributed by atoms with Crippen LogP contribution >= 0.6 is 0 Å². The maximum absolute atomic E-state index is 13.3. The Kier molecular flexibility index (Phi) is 10.6. The third kappa shape index (κ3) is 7.88. The molecule has 1 aromatic rings. The van der Waals surface area contributed by atoms with Crippen LogP contribution in [0.15, 0.2) is 42.1 Å². The van der Waals surface area contributed by atoms with Crippen molar-refractivity contribution in [1.29, 1.82) is 0 Å². The SMILES string of the molecule is CC[C@H]1C(=O)C(C)(C)[C@@H](O)CC(=O)O[C@H](C=Cc2ccccn2)CC=C(C)CCC[C@H](C)[C@@H]1O. The lowest BCUT2D eigenvalue weighted by molar-refractivity contribution is -0.154. The summed E-state index contributed by atoms with van der Waals surface area (Å²) in [5.41, 5.74) is 0.759. The van der Waals surface area contributed by atoms with Crippen molar-refractivity contribution >= 4 is 17.8 Å². The molecule has 5 atom stereocenters. The molecule has 0 radical (unpaired) electrons. The number of aliphatic hydroxyl groups is 2. The molecule has 0 amide bonds. The lowest BCUT2D eigenvalue weighted by Gasteiger charge is -2.35. The molecule has 0 bridgehead atoms. The minimum Gasteiger partial charge on any atom is -0.458 e. The highest BCUT2D eigenvalue weighted by atomic mass is 16.5. The van der Waals surface area contributed by atoms with Crippen molar-refractivity contribution in [3.63, 3.8) is 0 Å². The number of Topliss-reactive ketones (excluding diaryl/α,β-unsaturated/α-hetero) is 1. The molecule has 2 rings (SSSR count). The first-order valence-corrected chi connectivity index (χ1v) is 12.4. The predicted octanol–water partition coefficient (Wildman–Crippen LogP) is 4.90. The molecule has 1 aliphatic heterocycles. The first-order chi connectivity index (χ1) is 16.1. The fourth-order valence-electron chi connectivity index (χ4n) is 4.39. The molecule has 0 fully saturated rings. The van der Waals surface area contributed by atoms with E-state index in [4.69, 9.17) is 4.74 Å². The Morgan fingerprint density at radius 1 is 1.24 bits per heavy atom. The number of aliphatic hydroxyl groups excluding tert-OH is 2. The van der Waals surface area contributed by atoms with Crippen molar-refractivity contribution in [2.75, 3.05) is 0 Å². The molecule has 188 valence electrons. The second-order valence-corrected chi connectivity index (χ2v) is 10.1. The summed E-state index contributed by atoms with van der Waals surface area (Å²) in [6.45, 7) is 9.18. The van der Waals surface area contributed by atoms with E-state index in [9.17, 15) is 19.8 Å².